The van der Waals surface area contributed by atoms with Crippen molar-refractivity contribution < 1.29 is 9.59 Å². The molecule has 1 aromatic carbocycles. The van der Waals surface area contributed by atoms with E-state index in [1.54, 1.807) is 6.92 Å². The molecule has 0 saturated heterocycles. The number of rotatable bonds is 7. The minimum Gasteiger partial charge on any atom is -0.355 e. The second-order valence-corrected chi connectivity index (χ2v) is 10.9. The third-order valence-electron chi connectivity index (χ3n) is 6.53. The van der Waals surface area contributed by atoms with Crippen molar-refractivity contribution in [1.29, 1.82) is 0 Å². The number of carbonyl (C=O) groups is 2. The smallest absolute Gasteiger partial charge is 0.226 e. The second-order valence-electron chi connectivity index (χ2n) is 9.81. The minimum atomic E-state index is -0.396. The fourth-order valence-electron chi connectivity index (χ4n) is 5.81. The van der Waals surface area contributed by atoms with E-state index in [2.05, 4.69) is 55.7 Å². The predicted molar refractivity (Wildman–Crippen MR) is 121 cm³/mol. The van der Waals surface area contributed by atoms with Crippen molar-refractivity contribution in [3.63, 3.8) is 0 Å². The standard InChI is InChI=1S/C24H36N2O2S/c1-17-5-7-20(8-6-17)15-29-10-9-25-22(28)23(4)13-21-11-18(2)12-24(14-21,16-23)26-19(3)27/h5-8,18,21H,9-16H2,1-4H3,(H,25,28)(H,26,27). The van der Waals surface area contributed by atoms with E-state index in [9.17, 15) is 9.59 Å². The predicted octanol–water partition coefficient (Wildman–Crippen LogP) is 4.46. The Morgan fingerprint density at radius 1 is 1.17 bits per heavy atom. The van der Waals surface area contributed by atoms with Gasteiger partial charge in [0.1, 0.15) is 0 Å². The van der Waals surface area contributed by atoms with Gasteiger partial charge in [-0.05, 0) is 56.4 Å². The van der Waals surface area contributed by atoms with E-state index in [1.807, 2.05) is 11.8 Å². The highest BCUT2D eigenvalue weighted by Crippen LogP contribution is 2.52. The number of carbonyl (C=O) groups excluding carboxylic acids is 2. The van der Waals surface area contributed by atoms with Crippen molar-refractivity contribution in [3.05, 3.63) is 35.4 Å². The number of hydrogen-bond donors (Lipinski definition) is 2. The molecule has 2 amide bonds. The van der Waals surface area contributed by atoms with Crippen LogP contribution in [-0.2, 0) is 15.3 Å². The van der Waals surface area contributed by atoms with Crippen LogP contribution >= 0.6 is 11.8 Å². The molecule has 2 saturated carbocycles. The molecule has 4 unspecified atom stereocenters. The average molecular weight is 417 g/mol. The molecule has 4 nitrogen and oxygen atoms in total. The molecular formula is C24H36N2O2S. The van der Waals surface area contributed by atoms with Crippen LogP contribution in [0.4, 0.5) is 0 Å². The summed E-state index contributed by atoms with van der Waals surface area (Å²) in [5, 5.41) is 6.43. The summed E-state index contributed by atoms with van der Waals surface area (Å²) in [5.41, 5.74) is 2.00. The Kier molecular flexibility index (Phi) is 6.98. The molecule has 2 aliphatic rings. The SMILES string of the molecule is CC(=O)NC12CC(C)CC(C1)CC(C)(C(=O)NCCSCc1ccc(C)cc1)C2. The maximum Gasteiger partial charge on any atom is 0.226 e. The van der Waals surface area contributed by atoms with Crippen LogP contribution in [0.25, 0.3) is 0 Å². The molecule has 160 valence electrons. The lowest BCUT2D eigenvalue weighted by atomic mass is 9.55. The first-order chi connectivity index (χ1) is 13.7. The van der Waals surface area contributed by atoms with E-state index in [4.69, 9.17) is 0 Å². The molecule has 0 aliphatic heterocycles. The number of nitrogens with one attached hydrogen (secondary N) is 2. The van der Waals surface area contributed by atoms with Crippen LogP contribution in [0, 0.1) is 24.2 Å². The van der Waals surface area contributed by atoms with Gasteiger partial charge in [-0.1, -0.05) is 43.7 Å². The van der Waals surface area contributed by atoms with Gasteiger partial charge in [-0.25, -0.2) is 0 Å². The van der Waals surface area contributed by atoms with E-state index in [0.717, 1.165) is 43.6 Å². The summed E-state index contributed by atoms with van der Waals surface area (Å²) in [6.07, 6.45) is 4.85. The molecule has 2 N–H and O–H groups in total. The van der Waals surface area contributed by atoms with Crippen molar-refractivity contribution in [2.45, 2.75) is 71.1 Å². The summed E-state index contributed by atoms with van der Waals surface area (Å²) >= 11 is 1.85. The van der Waals surface area contributed by atoms with Crippen LogP contribution in [0.3, 0.4) is 0 Å². The third kappa shape index (κ3) is 5.78. The Balaban J connectivity index is 1.51. The van der Waals surface area contributed by atoms with Crippen molar-refractivity contribution in [2.75, 3.05) is 12.3 Å². The molecule has 0 spiro atoms. The maximum absolute atomic E-state index is 13.1. The lowest BCUT2D eigenvalue weighted by molar-refractivity contribution is -0.139. The molecule has 5 heteroatoms. The molecular weight excluding hydrogens is 380 g/mol. The van der Waals surface area contributed by atoms with Crippen LogP contribution < -0.4 is 10.6 Å². The number of benzene rings is 1. The van der Waals surface area contributed by atoms with Gasteiger partial charge < -0.3 is 10.6 Å². The van der Waals surface area contributed by atoms with Crippen molar-refractivity contribution in [3.8, 4) is 0 Å². The van der Waals surface area contributed by atoms with Crippen LogP contribution in [0.15, 0.2) is 24.3 Å². The van der Waals surface area contributed by atoms with Crippen LogP contribution in [0.5, 0.6) is 0 Å². The average Bonchev–Trinajstić information content (AvgIpc) is 2.60. The lowest BCUT2D eigenvalue weighted by Gasteiger charge is -2.53. The fourth-order valence-corrected chi connectivity index (χ4v) is 6.63. The molecule has 1 aromatic rings. The summed E-state index contributed by atoms with van der Waals surface area (Å²) in [5.74, 6) is 3.18. The molecule has 2 bridgehead atoms. The summed E-state index contributed by atoms with van der Waals surface area (Å²) < 4.78 is 0. The number of fused-ring (bicyclic) bond motifs is 2. The van der Waals surface area contributed by atoms with Gasteiger partial charge >= 0.3 is 0 Å². The Bertz CT molecular complexity index is 731. The number of amides is 2. The van der Waals surface area contributed by atoms with Gasteiger partial charge in [0.05, 0.1) is 0 Å². The maximum atomic E-state index is 13.1. The van der Waals surface area contributed by atoms with Gasteiger partial charge in [0.2, 0.25) is 11.8 Å². The van der Waals surface area contributed by atoms with Crippen molar-refractivity contribution in [2.24, 2.45) is 17.3 Å². The summed E-state index contributed by atoms with van der Waals surface area (Å²) in [6, 6.07) is 8.63. The molecule has 29 heavy (non-hydrogen) atoms. The zero-order valence-corrected chi connectivity index (χ0v) is 19.2. The summed E-state index contributed by atoms with van der Waals surface area (Å²) in [6.45, 7) is 8.76. The van der Waals surface area contributed by atoms with E-state index in [1.165, 1.54) is 11.1 Å². The van der Waals surface area contributed by atoms with Gasteiger partial charge in [0.15, 0.2) is 0 Å². The summed E-state index contributed by atoms with van der Waals surface area (Å²) in [4.78, 5) is 25.0. The second kappa shape index (κ2) is 9.11. The molecule has 4 atom stereocenters. The van der Waals surface area contributed by atoms with Gasteiger partial charge in [0, 0.05) is 35.9 Å². The molecule has 0 heterocycles. The quantitative estimate of drug-likeness (QED) is 0.646. The molecule has 0 radical (unpaired) electrons. The monoisotopic (exact) mass is 416 g/mol. The largest absolute Gasteiger partial charge is 0.355 e. The number of hydrogen-bond acceptors (Lipinski definition) is 3. The summed E-state index contributed by atoms with van der Waals surface area (Å²) in [7, 11) is 0. The topological polar surface area (TPSA) is 58.2 Å². The zero-order valence-electron chi connectivity index (χ0n) is 18.3. The lowest BCUT2D eigenvalue weighted by Crippen LogP contribution is -2.60. The molecule has 2 aliphatic carbocycles. The van der Waals surface area contributed by atoms with E-state index >= 15 is 0 Å². The van der Waals surface area contributed by atoms with Crippen LogP contribution in [0.1, 0.15) is 64.0 Å². The fraction of sp³-hybridized carbons (Fsp3) is 0.667. The molecule has 0 aromatic heterocycles. The highest BCUT2D eigenvalue weighted by atomic mass is 32.2. The van der Waals surface area contributed by atoms with Crippen molar-refractivity contribution >= 4 is 23.6 Å². The number of thioether (sulfide) groups is 1. The van der Waals surface area contributed by atoms with E-state index in [-0.39, 0.29) is 17.4 Å². The van der Waals surface area contributed by atoms with Gasteiger partial charge in [-0.2, -0.15) is 11.8 Å². The minimum absolute atomic E-state index is 0.0232. The normalized spacial score (nSPS) is 31.2. The Hall–Kier alpha value is -1.49. The van der Waals surface area contributed by atoms with E-state index < -0.39 is 5.41 Å². The highest BCUT2D eigenvalue weighted by Gasteiger charge is 2.52. The van der Waals surface area contributed by atoms with Crippen molar-refractivity contribution in [1.82, 2.24) is 10.6 Å². The molecule has 2 fully saturated rings. The Morgan fingerprint density at radius 2 is 1.90 bits per heavy atom. The van der Waals surface area contributed by atoms with Gasteiger partial charge in [0.25, 0.3) is 0 Å². The number of aryl methyl sites for hydroxylation is 1. The van der Waals surface area contributed by atoms with E-state index in [0.29, 0.717) is 18.4 Å². The Morgan fingerprint density at radius 3 is 2.59 bits per heavy atom. The highest BCUT2D eigenvalue weighted by molar-refractivity contribution is 7.98. The first kappa shape index (κ1) is 22.2. The van der Waals surface area contributed by atoms with Crippen LogP contribution in [-0.4, -0.2) is 29.7 Å². The molecule has 3 rings (SSSR count). The third-order valence-corrected chi connectivity index (χ3v) is 7.56. The van der Waals surface area contributed by atoms with Gasteiger partial charge in [-0.3, -0.25) is 9.59 Å². The first-order valence-corrected chi connectivity index (χ1v) is 12.1. The first-order valence-electron chi connectivity index (χ1n) is 10.9. The van der Waals surface area contributed by atoms with Gasteiger partial charge in [-0.15, -0.1) is 0 Å². The zero-order chi connectivity index (χ0) is 21.1. The Labute approximate surface area is 180 Å². The van der Waals surface area contributed by atoms with Crippen LogP contribution in [0.2, 0.25) is 0 Å².